The Balaban J connectivity index is 1.56. The minimum Gasteiger partial charge on any atom is -0.339 e. The molecule has 1 aliphatic rings. The number of thioether (sulfide) groups is 1. The second kappa shape index (κ2) is 7.48. The molecule has 1 aromatic carbocycles. The van der Waals surface area contributed by atoms with Crippen LogP contribution in [-0.2, 0) is 9.59 Å². The van der Waals surface area contributed by atoms with Gasteiger partial charge in [0.15, 0.2) is 5.16 Å². The maximum Gasteiger partial charge on any atom is 0.233 e. The first-order valence-corrected chi connectivity index (χ1v) is 8.75. The predicted octanol–water partition coefficient (Wildman–Crippen LogP) is 1.05. The molecule has 0 N–H and O–H groups in total. The molecule has 0 spiro atoms. The van der Waals surface area contributed by atoms with Crippen LogP contribution in [0.4, 0.5) is 0 Å². The summed E-state index contributed by atoms with van der Waals surface area (Å²) in [5.74, 6) is 0.434. The number of benzene rings is 1. The average Bonchev–Trinajstić information content (AvgIpc) is 3.09. The van der Waals surface area contributed by atoms with Crippen LogP contribution in [0.2, 0.25) is 0 Å². The van der Waals surface area contributed by atoms with Crippen LogP contribution in [0.1, 0.15) is 6.92 Å². The van der Waals surface area contributed by atoms with E-state index < -0.39 is 0 Å². The lowest BCUT2D eigenvalue weighted by Crippen LogP contribution is -2.50. The summed E-state index contributed by atoms with van der Waals surface area (Å²) in [5.41, 5.74) is 0.965. The van der Waals surface area contributed by atoms with Gasteiger partial charge in [-0.3, -0.25) is 14.2 Å². The van der Waals surface area contributed by atoms with Gasteiger partial charge in [-0.05, 0) is 12.1 Å². The highest BCUT2D eigenvalue weighted by molar-refractivity contribution is 7.99. The summed E-state index contributed by atoms with van der Waals surface area (Å²) in [6.07, 6.45) is 1.65. The second-order valence-corrected chi connectivity index (χ2v) is 6.44. The summed E-state index contributed by atoms with van der Waals surface area (Å²) in [5, 5.41) is 8.73. The first-order valence-electron chi connectivity index (χ1n) is 7.76. The van der Waals surface area contributed by atoms with E-state index in [0.29, 0.717) is 37.1 Å². The first-order chi connectivity index (χ1) is 11.6. The van der Waals surface area contributed by atoms with E-state index in [0.717, 1.165) is 5.69 Å². The number of piperazine rings is 1. The van der Waals surface area contributed by atoms with Crippen molar-refractivity contribution in [1.82, 2.24) is 24.6 Å². The lowest BCUT2D eigenvalue weighted by molar-refractivity contribution is -0.136. The molecule has 1 fully saturated rings. The molecule has 1 aromatic heterocycles. The van der Waals surface area contributed by atoms with Crippen molar-refractivity contribution in [2.24, 2.45) is 0 Å². The van der Waals surface area contributed by atoms with Gasteiger partial charge in [0.05, 0.1) is 5.75 Å². The normalized spacial score (nSPS) is 14.7. The van der Waals surface area contributed by atoms with E-state index in [1.54, 1.807) is 23.1 Å². The van der Waals surface area contributed by atoms with E-state index in [-0.39, 0.29) is 11.8 Å². The number of hydrogen-bond acceptors (Lipinski definition) is 5. The van der Waals surface area contributed by atoms with Crippen LogP contribution in [0.3, 0.4) is 0 Å². The highest BCUT2D eigenvalue weighted by Gasteiger charge is 2.22. The summed E-state index contributed by atoms with van der Waals surface area (Å²) in [6.45, 7) is 3.94. The van der Waals surface area contributed by atoms with Crippen LogP contribution in [0.5, 0.6) is 0 Å². The van der Waals surface area contributed by atoms with Crippen molar-refractivity contribution in [3.05, 3.63) is 36.7 Å². The summed E-state index contributed by atoms with van der Waals surface area (Å²) in [4.78, 5) is 27.3. The fraction of sp³-hybridized carbons (Fsp3) is 0.375. The number of aromatic nitrogens is 3. The van der Waals surface area contributed by atoms with E-state index in [1.165, 1.54) is 11.8 Å². The lowest BCUT2D eigenvalue weighted by Gasteiger charge is -2.34. The van der Waals surface area contributed by atoms with E-state index in [4.69, 9.17) is 0 Å². The monoisotopic (exact) mass is 345 g/mol. The summed E-state index contributed by atoms with van der Waals surface area (Å²) in [6, 6.07) is 9.78. The number of carbonyl (C=O) groups excluding carboxylic acids is 2. The molecule has 3 rings (SSSR count). The predicted molar refractivity (Wildman–Crippen MR) is 90.9 cm³/mol. The smallest absolute Gasteiger partial charge is 0.233 e. The molecule has 0 atom stereocenters. The third-order valence-corrected chi connectivity index (χ3v) is 4.88. The topological polar surface area (TPSA) is 71.3 Å². The fourth-order valence-electron chi connectivity index (χ4n) is 2.58. The van der Waals surface area contributed by atoms with Gasteiger partial charge < -0.3 is 9.80 Å². The SMILES string of the molecule is CC(=O)N1CCN(C(=O)CSc2nncn2-c2ccccc2)CC1. The van der Waals surface area contributed by atoms with Crippen molar-refractivity contribution >= 4 is 23.6 Å². The molecule has 2 amide bonds. The second-order valence-electron chi connectivity index (χ2n) is 5.49. The zero-order valence-corrected chi connectivity index (χ0v) is 14.3. The van der Waals surface area contributed by atoms with E-state index in [9.17, 15) is 9.59 Å². The first kappa shape index (κ1) is 16.5. The van der Waals surface area contributed by atoms with Crippen LogP contribution in [0.15, 0.2) is 41.8 Å². The zero-order valence-electron chi connectivity index (χ0n) is 13.5. The van der Waals surface area contributed by atoms with Gasteiger partial charge >= 0.3 is 0 Å². The van der Waals surface area contributed by atoms with Gasteiger partial charge in [0.25, 0.3) is 0 Å². The van der Waals surface area contributed by atoms with Crippen LogP contribution >= 0.6 is 11.8 Å². The van der Waals surface area contributed by atoms with E-state index >= 15 is 0 Å². The maximum atomic E-state index is 12.4. The Morgan fingerprint density at radius 3 is 2.42 bits per heavy atom. The minimum atomic E-state index is 0.0609. The quantitative estimate of drug-likeness (QED) is 0.775. The Hall–Kier alpha value is -2.35. The highest BCUT2D eigenvalue weighted by atomic mass is 32.2. The van der Waals surface area contributed by atoms with Gasteiger partial charge in [0.2, 0.25) is 11.8 Å². The lowest BCUT2D eigenvalue weighted by atomic mass is 10.3. The molecule has 0 radical (unpaired) electrons. The van der Waals surface area contributed by atoms with Gasteiger partial charge in [-0.1, -0.05) is 30.0 Å². The summed E-state index contributed by atoms with van der Waals surface area (Å²) < 4.78 is 1.87. The molecule has 24 heavy (non-hydrogen) atoms. The van der Waals surface area contributed by atoms with Crippen LogP contribution in [0, 0.1) is 0 Å². The summed E-state index contributed by atoms with van der Waals surface area (Å²) >= 11 is 1.38. The molecule has 7 nitrogen and oxygen atoms in total. The van der Waals surface area contributed by atoms with Crippen LogP contribution in [-0.4, -0.2) is 68.3 Å². The zero-order chi connectivity index (χ0) is 16.9. The minimum absolute atomic E-state index is 0.0609. The Labute approximate surface area is 144 Å². The molecule has 8 heteroatoms. The molecule has 0 unspecified atom stereocenters. The number of rotatable bonds is 4. The third-order valence-electron chi connectivity index (χ3n) is 3.95. The molecule has 126 valence electrons. The standard InChI is InChI=1S/C16H19N5O2S/c1-13(22)19-7-9-20(10-8-19)15(23)11-24-16-18-17-12-21(16)14-5-3-2-4-6-14/h2-6,12H,7-11H2,1H3. The molecule has 2 aromatic rings. The van der Waals surface area contributed by atoms with E-state index in [2.05, 4.69) is 10.2 Å². The van der Waals surface area contributed by atoms with Crippen molar-refractivity contribution in [2.75, 3.05) is 31.9 Å². The maximum absolute atomic E-state index is 12.4. The molecule has 0 saturated carbocycles. The largest absolute Gasteiger partial charge is 0.339 e. The summed E-state index contributed by atoms with van der Waals surface area (Å²) in [7, 11) is 0. The van der Waals surface area contributed by atoms with Crippen molar-refractivity contribution in [2.45, 2.75) is 12.1 Å². The van der Waals surface area contributed by atoms with Gasteiger partial charge in [0, 0.05) is 38.8 Å². The molecule has 2 heterocycles. The van der Waals surface area contributed by atoms with E-state index in [1.807, 2.05) is 34.9 Å². The molecule has 0 bridgehead atoms. The Morgan fingerprint density at radius 1 is 1.08 bits per heavy atom. The van der Waals surface area contributed by atoms with Gasteiger partial charge in [-0.15, -0.1) is 10.2 Å². The number of amides is 2. The van der Waals surface area contributed by atoms with Crippen molar-refractivity contribution in [1.29, 1.82) is 0 Å². The molecule has 1 aliphatic heterocycles. The van der Waals surface area contributed by atoms with Gasteiger partial charge in [-0.2, -0.15) is 0 Å². The average molecular weight is 345 g/mol. The third kappa shape index (κ3) is 3.76. The van der Waals surface area contributed by atoms with Gasteiger partial charge in [0.1, 0.15) is 6.33 Å². The molecule has 0 aliphatic carbocycles. The number of carbonyl (C=O) groups is 2. The van der Waals surface area contributed by atoms with Crippen LogP contribution in [0.25, 0.3) is 5.69 Å². The van der Waals surface area contributed by atoms with Crippen molar-refractivity contribution < 1.29 is 9.59 Å². The number of nitrogens with zero attached hydrogens (tertiary/aromatic N) is 5. The molecular weight excluding hydrogens is 326 g/mol. The van der Waals surface area contributed by atoms with Crippen molar-refractivity contribution in [3.63, 3.8) is 0 Å². The Kier molecular flexibility index (Phi) is 5.14. The Bertz CT molecular complexity index is 710. The molecular formula is C16H19N5O2S. The Morgan fingerprint density at radius 2 is 1.75 bits per heavy atom. The van der Waals surface area contributed by atoms with Crippen molar-refractivity contribution in [3.8, 4) is 5.69 Å². The fourth-order valence-corrected chi connectivity index (χ4v) is 3.41. The number of hydrogen-bond donors (Lipinski definition) is 0. The highest BCUT2D eigenvalue weighted by Crippen LogP contribution is 2.20. The number of para-hydroxylation sites is 1. The van der Waals surface area contributed by atoms with Gasteiger partial charge in [-0.25, -0.2) is 0 Å². The molecule has 1 saturated heterocycles. The van der Waals surface area contributed by atoms with Crippen LogP contribution < -0.4 is 0 Å².